The number of halogens is 2. The number of hydrogen-bond donors (Lipinski definition) is 2. The first-order valence-electron chi connectivity index (χ1n) is 11.8. The highest BCUT2D eigenvalue weighted by Crippen LogP contribution is 2.42. The fourth-order valence-electron chi connectivity index (χ4n) is 4.53. The number of benzene rings is 1. The molecule has 1 aliphatic heterocycles. The molecule has 200 valence electrons. The molecular formula is C25H25ClFN4O6P. The van der Waals surface area contributed by atoms with Crippen LogP contribution in [0.25, 0.3) is 22.2 Å². The largest absolute Gasteiger partial charge is 0.471 e. The summed E-state index contributed by atoms with van der Waals surface area (Å²) in [6.45, 7) is 4.06. The Labute approximate surface area is 222 Å². The zero-order chi connectivity index (χ0) is 27.0. The molecule has 1 aromatic carbocycles. The Kier molecular flexibility index (Phi) is 7.41. The lowest BCUT2D eigenvalue weighted by atomic mass is 10.1. The number of fused-ring (bicyclic) bond motifs is 1. The van der Waals surface area contributed by atoms with E-state index in [4.69, 9.17) is 20.9 Å². The molecule has 0 spiro atoms. The van der Waals surface area contributed by atoms with Crippen LogP contribution in [0.2, 0.25) is 5.02 Å². The average Bonchev–Trinajstić information content (AvgIpc) is 3.26. The van der Waals surface area contributed by atoms with Gasteiger partial charge in [-0.25, -0.2) is 13.9 Å². The molecule has 0 saturated carbocycles. The second-order valence-electron chi connectivity index (χ2n) is 8.90. The third-order valence-electron chi connectivity index (χ3n) is 6.39. The van der Waals surface area contributed by atoms with Gasteiger partial charge in [0.05, 0.1) is 36.7 Å². The maximum absolute atomic E-state index is 14.4. The van der Waals surface area contributed by atoms with Gasteiger partial charge in [0.25, 0.3) is 5.56 Å². The van der Waals surface area contributed by atoms with Crippen molar-refractivity contribution < 1.29 is 28.0 Å². The highest BCUT2D eigenvalue weighted by molar-refractivity contribution is 7.46. The van der Waals surface area contributed by atoms with Gasteiger partial charge in [0.15, 0.2) is 0 Å². The minimum Gasteiger partial charge on any atom is -0.378 e. The molecule has 2 N–H and O–H groups in total. The number of phosphoric ester groups is 1. The predicted octanol–water partition coefficient (Wildman–Crippen LogP) is 4.17. The smallest absolute Gasteiger partial charge is 0.378 e. The first-order chi connectivity index (χ1) is 18.1. The van der Waals surface area contributed by atoms with Crippen molar-refractivity contribution in [2.75, 3.05) is 31.2 Å². The van der Waals surface area contributed by atoms with E-state index in [9.17, 15) is 23.5 Å². The molecule has 38 heavy (non-hydrogen) atoms. The Morgan fingerprint density at radius 2 is 2.00 bits per heavy atom. The van der Waals surface area contributed by atoms with E-state index in [-0.39, 0.29) is 22.7 Å². The fraction of sp³-hybridized carbons (Fsp3) is 0.280. The predicted molar refractivity (Wildman–Crippen MR) is 141 cm³/mol. The second-order valence-corrected chi connectivity index (χ2v) is 10.5. The van der Waals surface area contributed by atoms with Crippen LogP contribution in [0.4, 0.5) is 10.1 Å². The number of pyridine rings is 2. The van der Waals surface area contributed by atoms with E-state index in [1.807, 2.05) is 6.07 Å². The molecule has 4 aromatic rings. The lowest BCUT2D eigenvalue weighted by molar-refractivity contribution is 0.101. The van der Waals surface area contributed by atoms with Crippen LogP contribution < -0.4 is 10.5 Å². The molecule has 5 rings (SSSR count). The average molecular weight is 563 g/mol. The molecule has 10 nitrogen and oxygen atoms in total. The summed E-state index contributed by atoms with van der Waals surface area (Å²) in [6, 6.07) is 9.71. The van der Waals surface area contributed by atoms with Crippen molar-refractivity contribution >= 4 is 36.1 Å². The van der Waals surface area contributed by atoms with Crippen LogP contribution in [0.15, 0.2) is 59.8 Å². The van der Waals surface area contributed by atoms with Crippen molar-refractivity contribution in [2.24, 2.45) is 0 Å². The molecule has 13 heteroatoms. The van der Waals surface area contributed by atoms with Crippen molar-refractivity contribution in [1.29, 1.82) is 0 Å². The van der Waals surface area contributed by atoms with Gasteiger partial charge >= 0.3 is 7.82 Å². The van der Waals surface area contributed by atoms with E-state index in [0.29, 0.717) is 48.5 Å². The molecule has 1 aliphatic rings. The molecule has 0 amide bonds. The quantitative estimate of drug-likeness (QED) is 0.322. The van der Waals surface area contributed by atoms with Gasteiger partial charge in [0, 0.05) is 48.1 Å². The minimum atomic E-state index is -4.78. The van der Waals surface area contributed by atoms with Crippen LogP contribution >= 0.6 is 19.4 Å². The number of anilines is 1. The summed E-state index contributed by atoms with van der Waals surface area (Å²) in [5, 5.41) is 0.656. The maximum Gasteiger partial charge on any atom is 0.471 e. The van der Waals surface area contributed by atoms with E-state index in [1.54, 1.807) is 36.8 Å². The summed E-state index contributed by atoms with van der Waals surface area (Å²) in [4.78, 5) is 38.4. The molecule has 4 heterocycles. The summed E-state index contributed by atoms with van der Waals surface area (Å²) < 4.78 is 39.1. The normalized spacial score (nSPS) is 15.2. The third kappa shape index (κ3) is 5.54. The molecule has 0 unspecified atom stereocenters. The van der Waals surface area contributed by atoms with Crippen LogP contribution in [0.3, 0.4) is 0 Å². The maximum atomic E-state index is 14.4. The zero-order valence-corrected chi connectivity index (χ0v) is 22.0. The van der Waals surface area contributed by atoms with Gasteiger partial charge in [-0.05, 0) is 30.7 Å². The fourth-order valence-corrected chi connectivity index (χ4v) is 5.22. The lowest BCUT2D eigenvalue weighted by Crippen LogP contribution is -2.36. The van der Waals surface area contributed by atoms with Crippen LogP contribution in [0, 0.1) is 5.82 Å². The van der Waals surface area contributed by atoms with Crippen LogP contribution in [-0.2, 0) is 20.4 Å². The van der Waals surface area contributed by atoms with Crippen LogP contribution in [0.5, 0.6) is 0 Å². The SMILES string of the molecule is C[C@@H](OP(=O)(O)O)n1cc(-c2ccn(Cc3cccc(Cl)c3F)c(=O)c2)c2cc(N3CCOCC3)cnc21. The monoisotopic (exact) mass is 562 g/mol. The van der Waals surface area contributed by atoms with Crippen molar-refractivity contribution in [1.82, 2.24) is 14.1 Å². The third-order valence-corrected chi connectivity index (χ3v) is 7.26. The van der Waals surface area contributed by atoms with Crippen molar-refractivity contribution in [2.45, 2.75) is 19.7 Å². The van der Waals surface area contributed by atoms with Crippen molar-refractivity contribution in [3.05, 3.63) is 81.7 Å². The van der Waals surface area contributed by atoms with Crippen molar-refractivity contribution in [3.8, 4) is 11.1 Å². The van der Waals surface area contributed by atoms with Gasteiger partial charge in [-0.2, -0.15) is 0 Å². The van der Waals surface area contributed by atoms with Gasteiger partial charge in [-0.3, -0.25) is 9.32 Å². The standard InChI is InChI=1S/C25H25ClFN4O6P/c1-16(37-38(33,34)35)31-15-21(20-12-19(13-28-25(20)31)29-7-9-36-10-8-29)17-5-6-30(23(32)11-17)14-18-3-2-4-22(26)24(18)27/h2-6,11-13,15-16H,7-10,14H2,1H3,(H2,33,34,35)/t16-/m1/s1. The van der Waals surface area contributed by atoms with Gasteiger partial charge in [0.2, 0.25) is 0 Å². The summed E-state index contributed by atoms with van der Waals surface area (Å²) in [6.07, 6.45) is 3.86. The molecular weight excluding hydrogens is 538 g/mol. The Morgan fingerprint density at radius 3 is 2.71 bits per heavy atom. The Bertz CT molecular complexity index is 1600. The molecule has 1 fully saturated rings. The minimum absolute atomic E-state index is 0.00314. The lowest BCUT2D eigenvalue weighted by Gasteiger charge is -2.28. The molecule has 0 bridgehead atoms. The highest BCUT2D eigenvalue weighted by Gasteiger charge is 2.24. The number of rotatable bonds is 7. The van der Waals surface area contributed by atoms with E-state index in [0.717, 1.165) is 5.69 Å². The second kappa shape index (κ2) is 10.6. The summed E-state index contributed by atoms with van der Waals surface area (Å²) in [7, 11) is -4.78. The Balaban J connectivity index is 1.57. The zero-order valence-electron chi connectivity index (χ0n) is 20.3. The van der Waals surface area contributed by atoms with E-state index < -0.39 is 19.9 Å². The highest BCUT2D eigenvalue weighted by atomic mass is 35.5. The number of hydrogen-bond acceptors (Lipinski definition) is 6. The first-order valence-corrected chi connectivity index (χ1v) is 13.7. The summed E-state index contributed by atoms with van der Waals surface area (Å²) in [5.74, 6) is -0.575. The van der Waals surface area contributed by atoms with Crippen LogP contribution in [-0.4, -0.2) is 50.2 Å². The van der Waals surface area contributed by atoms with Gasteiger partial charge < -0.3 is 28.6 Å². The Morgan fingerprint density at radius 1 is 1.24 bits per heavy atom. The van der Waals surface area contributed by atoms with E-state index >= 15 is 0 Å². The molecule has 0 aliphatic carbocycles. The number of phosphoric acid groups is 1. The first kappa shape index (κ1) is 26.6. The van der Waals surface area contributed by atoms with E-state index in [2.05, 4.69) is 9.88 Å². The molecule has 0 radical (unpaired) electrons. The topological polar surface area (TPSA) is 119 Å². The van der Waals surface area contributed by atoms with E-state index in [1.165, 1.54) is 28.2 Å². The van der Waals surface area contributed by atoms with Crippen molar-refractivity contribution in [3.63, 3.8) is 0 Å². The summed E-state index contributed by atoms with van der Waals surface area (Å²) >= 11 is 5.88. The molecule has 1 saturated heterocycles. The molecule has 1 atom stereocenters. The number of ether oxygens (including phenoxy) is 1. The Hall–Kier alpha value is -3.05. The summed E-state index contributed by atoms with van der Waals surface area (Å²) in [5.41, 5.74) is 2.40. The number of morpholine rings is 1. The molecule has 3 aromatic heterocycles. The van der Waals surface area contributed by atoms with Crippen LogP contribution in [0.1, 0.15) is 18.7 Å². The van der Waals surface area contributed by atoms with Gasteiger partial charge in [0.1, 0.15) is 17.7 Å². The number of aromatic nitrogens is 3. The van der Waals surface area contributed by atoms with Gasteiger partial charge in [-0.15, -0.1) is 0 Å². The van der Waals surface area contributed by atoms with Gasteiger partial charge in [-0.1, -0.05) is 23.7 Å². The number of nitrogens with zero attached hydrogens (tertiary/aromatic N) is 4.